The van der Waals surface area contributed by atoms with Gasteiger partial charge in [-0.25, -0.2) is 0 Å². The van der Waals surface area contributed by atoms with Crippen LogP contribution in [0.25, 0.3) is 0 Å². The molecular formula is C13H22N2O. The molecule has 1 fully saturated rings. The van der Waals surface area contributed by atoms with E-state index in [0.29, 0.717) is 5.92 Å². The second kappa shape index (κ2) is 5.00. The van der Waals surface area contributed by atoms with E-state index in [2.05, 4.69) is 5.10 Å². The average molecular weight is 222 g/mol. The maximum atomic E-state index is 10.2. The minimum absolute atomic E-state index is 0.339. The average Bonchev–Trinajstić information content (AvgIpc) is 2.59. The van der Waals surface area contributed by atoms with Crippen molar-refractivity contribution in [2.24, 2.45) is 13.0 Å². The summed E-state index contributed by atoms with van der Waals surface area (Å²) in [5.74, 6) is 0.707. The Morgan fingerprint density at radius 1 is 1.44 bits per heavy atom. The molecule has 0 aliphatic heterocycles. The number of hydrogen-bond donors (Lipinski definition) is 1. The van der Waals surface area contributed by atoms with Gasteiger partial charge in [-0.15, -0.1) is 0 Å². The minimum Gasteiger partial charge on any atom is -0.387 e. The van der Waals surface area contributed by atoms with Crippen molar-refractivity contribution in [1.29, 1.82) is 0 Å². The zero-order chi connectivity index (χ0) is 11.5. The first-order valence-corrected chi connectivity index (χ1v) is 6.35. The van der Waals surface area contributed by atoms with Crippen LogP contribution in [0.4, 0.5) is 0 Å². The van der Waals surface area contributed by atoms with Crippen LogP contribution in [0, 0.1) is 12.8 Å². The SMILES string of the molecule is Cc1cc(C(O)CC2CCCCC2)n(C)n1. The van der Waals surface area contributed by atoms with Crippen molar-refractivity contribution in [3.8, 4) is 0 Å². The summed E-state index contributed by atoms with van der Waals surface area (Å²) in [5.41, 5.74) is 1.95. The van der Waals surface area contributed by atoms with Crippen LogP contribution in [0.15, 0.2) is 6.07 Å². The molecule has 1 unspecified atom stereocenters. The van der Waals surface area contributed by atoms with E-state index in [9.17, 15) is 5.11 Å². The Labute approximate surface area is 97.5 Å². The first kappa shape index (κ1) is 11.6. The molecule has 3 heteroatoms. The Morgan fingerprint density at radius 3 is 2.69 bits per heavy atom. The van der Waals surface area contributed by atoms with Crippen LogP contribution in [0.3, 0.4) is 0 Å². The lowest BCUT2D eigenvalue weighted by Gasteiger charge is -2.23. The second-order valence-corrected chi connectivity index (χ2v) is 5.09. The highest BCUT2D eigenvalue weighted by molar-refractivity contribution is 5.11. The van der Waals surface area contributed by atoms with E-state index in [4.69, 9.17) is 0 Å². The van der Waals surface area contributed by atoms with Gasteiger partial charge in [0.15, 0.2) is 0 Å². The fourth-order valence-corrected chi connectivity index (χ4v) is 2.80. The zero-order valence-electron chi connectivity index (χ0n) is 10.3. The first-order valence-electron chi connectivity index (χ1n) is 6.35. The van der Waals surface area contributed by atoms with Crippen LogP contribution in [0.5, 0.6) is 0 Å². The lowest BCUT2D eigenvalue weighted by molar-refractivity contribution is 0.123. The molecular weight excluding hydrogens is 200 g/mol. The van der Waals surface area contributed by atoms with Crippen molar-refractivity contribution in [2.75, 3.05) is 0 Å². The normalized spacial score (nSPS) is 19.9. The number of aryl methyl sites for hydroxylation is 2. The third-order valence-electron chi connectivity index (χ3n) is 3.66. The van der Waals surface area contributed by atoms with Crippen molar-refractivity contribution in [1.82, 2.24) is 9.78 Å². The molecule has 0 saturated heterocycles. The van der Waals surface area contributed by atoms with Crippen LogP contribution >= 0.6 is 0 Å². The number of hydrogen-bond acceptors (Lipinski definition) is 2. The van der Waals surface area contributed by atoms with Crippen LogP contribution in [0.1, 0.15) is 56.0 Å². The Bertz CT molecular complexity index is 340. The van der Waals surface area contributed by atoms with Gasteiger partial charge in [0.2, 0.25) is 0 Å². The smallest absolute Gasteiger partial charge is 0.0959 e. The van der Waals surface area contributed by atoms with Crippen molar-refractivity contribution < 1.29 is 5.11 Å². The van der Waals surface area contributed by atoms with E-state index in [0.717, 1.165) is 17.8 Å². The molecule has 2 rings (SSSR count). The molecule has 1 heterocycles. The van der Waals surface area contributed by atoms with Gasteiger partial charge < -0.3 is 5.11 Å². The van der Waals surface area contributed by atoms with Gasteiger partial charge in [0, 0.05) is 7.05 Å². The van der Waals surface area contributed by atoms with E-state index >= 15 is 0 Å². The van der Waals surface area contributed by atoms with E-state index in [1.54, 1.807) is 0 Å². The summed E-state index contributed by atoms with van der Waals surface area (Å²) < 4.78 is 1.81. The van der Waals surface area contributed by atoms with E-state index < -0.39 is 0 Å². The first-order chi connectivity index (χ1) is 7.66. The summed E-state index contributed by atoms with van der Waals surface area (Å²) in [6.07, 6.45) is 7.18. The van der Waals surface area contributed by atoms with Gasteiger partial charge in [0.25, 0.3) is 0 Å². The number of aromatic nitrogens is 2. The molecule has 1 aromatic heterocycles. The Kier molecular flexibility index (Phi) is 3.64. The highest BCUT2D eigenvalue weighted by atomic mass is 16.3. The van der Waals surface area contributed by atoms with E-state index in [1.165, 1.54) is 32.1 Å². The Hall–Kier alpha value is -0.830. The van der Waals surface area contributed by atoms with Crippen LogP contribution < -0.4 is 0 Å². The van der Waals surface area contributed by atoms with Gasteiger partial charge in [-0.1, -0.05) is 32.1 Å². The molecule has 0 radical (unpaired) electrons. The molecule has 1 saturated carbocycles. The molecule has 1 aliphatic carbocycles. The summed E-state index contributed by atoms with van der Waals surface area (Å²) in [7, 11) is 1.91. The van der Waals surface area contributed by atoms with Crippen molar-refractivity contribution in [3.05, 3.63) is 17.5 Å². The van der Waals surface area contributed by atoms with Gasteiger partial charge >= 0.3 is 0 Å². The third kappa shape index (κ3) is 2.64. The van der Waals surface area contributed by atoms with Crippen molar-refractivity contribution in [2.45, 2.75) is 51.6 Å². The highest BCUT2D eigenvalue weighted by Crippen LogP contribution is 2.31. The number of nitrogens with zero attached hydrogens (tertiary/aromatic N) is 2. The molecule has 1 N–H and O–H groups in total. The molecule has 1 aromatic rings. The van der Waals surface area contributed by atoms with Crippen LogP contribution in [0.2, 0.25) is 0 Å². The standard InChI is InChI=1S/C13H22N2O/c1-10-8-12(15(2)14-10)13(16)9-11-6-4-3-5-7-11/h8,11,13,16H,3-7,9H2,1-2H3. The quantitative estimate of drug-likeness (QED) is 0.854. The summed E-state index contributed by atoms with van der Waals surface area (Å²) in [5, 5.41) is 14.5. The number of rotatable bonds is 3. The molecule has 0 aromatic carbocycles. The lowest BCUT2D eigenvalue weighted by atomic mass is 9.85. The molecule has 0 bridgehead atoms. The van der Waals surface area contributed by atoms with E-state index in [-0.39, 0.29) is 6.10 Å². The fraction of sp³-hybridized carbons (Fsp3) is 0.769. The minimum atomic E-state index is -0.339. The highest BCUT2D eigenvalue weighted by Gasteiger charge is 2.20. The van der Waals surface area contributed by atoms with Gasteiger partial charge in [-0.2, -0.15) is 5.10 Å². The maximum absolute atomic E-state index is 10.2. The molecule has 0 spiro atoms. The van der Waals surface area contributed by atoms with Crippen molar-refractivity contribution >= 4 is 0 Å². The second-order valence-electron chi connectivity index (χ2n) is 5.09. The molecule has 1 aliphatic rings. The molecule has 1 atom stereocenters. The Morgan fingerprint density at radius 2 is 2.12 bits per heavy atom. The molecule has 90 valence electrons. The maximum Gasteiger partial charge on any atom is 0.0959 e. The number of aliphatic hydroxyl groups is 1. The van der Waals surface area contributed by atoms with Crippen LogP contribution in [-0.2, 0) is 7.05 Å². The topological polar surface area (TPSA) is 38.0 Å². The molecule has 16 heavy (non-hydrogen) atoms. The van der Waals surface area contributed by atoms with Gasteiger partial charge in [0.1, 0.15) is 0 Å². The Balaban J connectivity index is 1.96. The summed E-state index contributed by atoms with van der Waals surface area (Å²) >= 11 is 0. The predicted octanol–water partition coefficient (Wildman–Crippen LogP) is 2.73. The summed E-state index contributed by atoms with van der Waals surface area (Å²) in [6.45, 7) is 1.97. The van der Waals surface area contributed by atoms with Gasteiger partial charge in [-0.05, 0) is 25.3 Å². The zero-order valence-corrected chi connectivity index (χ0v) is 10.3. The number of aliphatic hydroxyl groups excluding tert-OH is 1. The summed E-state index contributed by atoms with van der Waals surface area (Å²) in [6, 6.07) is 1.99. The largest absolute Gasteiger partial charge is 0.387 e. The lowest BCUT2D eigenvalue weighted by Crippen LogP contribution is -2.13. The van der Waals surface area contributed by atoms with Gasteiger partial charge in [-0.3, -0.25) is 4.68 Å². The van der Waals surface area contributed by atoms with E-state index in [1.807, 2.05) is 24.7 Å². The van der Waals surface area contributed by atoms with Crippen LogP contribution in [-0.4, -0.2) is 14.9 Å². The molecule has 0 amide bonds. The monoisotopic (exact) mass is 222 g/mol. The third-order valence-corrected chi connectivity index (χ3v) is 3.66. The fourth-order valence-electron chi connectivity index (χ4n) is 2.80. The van der Waals surface area contributed by atoms with Gasteiger partial charge in [0.05, 0.1) is 17.5 Å². The molecule has 3 nitrogen and oxygen atoms in total. The van der Waals surface area contributed by atoms with Crippen molar-refractivity contribution in [3.63, 3.8) is 0 Å². The predicted molar refractivity (Wildman–Crippen MR) is 64.1 cm³/mol. The summed E-state index contributed by atoms with van der Waals surface area (Å²) in [4.78, 5) is 0.